The Labute approximate surface area is 304 Å². The van der Waals surface area contributed by atoms with Crippen molar-refractivity contribution < 1.29 is 0 Å². The Morgan fingerprint density at radius 1 is 0.404 bits per heavy atom. The third kappa shape index (κ3) is 3.79. The molecule has 0 spiro atoms. The molecule has 3 aromatic heterocycles. The van der Waals surface area contributed by atoms with Crippen molar-refractivity contribution >= 4 is 92.9 Å². The summed E-state index contributed by atoms with van der Waals surface area (Å²) in [5, 5.41) is 7.90. The van der Waals surface area contributed by atoms with E-state index in [9.17, 15) is 0 Å². The maximum atomic E-state index is 2.65. The monoisotopic (exact) mass is 676 g/mol. The van der Waals surface area contributed by atoms with Crippen LogP contribution < -0.4 is 10.9 Å². The molecule has 0 bridgehead atoms. The van der Waals surface area contributed by atoms with Crippen LogP contribution in [0.3, 0.4) is 0 Å². The highest BCUT2D eigenvalue weighted by atomic mass is 32.1. The summed E-state index contributed by atoms with van der Waals surface area (Å²) in [7, 11) is 0. The average Bonchev–Trinajstić information content (AvgIpc) is 3.87. The third-order valence-electron chi connectivity index (χ3n) is 11.4. The molecule has 2 nitrogen and oxygen atoms in total. The predicted molar refractivity (Wildman–Crippen MR) is 224 cm³/mol. The molecule has 52 heavy (non-hydrogen) atoms. The van der Waals surface area contributed by atoms with E-state index in [4.69, 9.17) is 0 Å². The molecular formula is C48H29BN2S. The highest BCUT2D eigenvalue weighted by Gasteiger charge is 2.36. The van der Waals surface area contributed by atoms with Crippen LogP contribution in [0, 0.1) is 0 Å². The van der Waals surface area contributed by atoms with Crippen LogP contribution in [0.5, 0.6) is 0 Å². The van der Waals surface area contributed by atoms with Gasteiger partial charge in [0.1, 0.15) is 0 Å². The van der Waals surface area contributed by atoms with Gasteiger partial charge in [-0.15, -0.1) is 11.3 Å². The Morgan fingerprint density at radius 3 is 1.73 bits per heavy atom. The molecule has 0 atom stereocenters. The first kappa shape index (κ1) is 28.4. The van der Waals surface area contributed by atoms with E-state index < -0.39 is 0 Å². The van der Waals surface area contributed by atoms with E-state index in [1.54, 1.807) is 0 Å². The number of fused-ring (bicyclic) bond motifs is 12. The standard InChI is InChI=1S/C48H29BN2S/c1-3-12-30(13-4-1)32-22-24-34-35-25-23-33(31-14-5-2-6-15-31)29-44(35)51(43(34)28-32)49-39-18-8-9-20-41(39)50-42-27-26-37-36-16-7-10-21-45(36)52-48(37)46(42)38-17-11-19-40(49)47(38)50/h1-29H. The van der Waals surface area contributed by atoms with Gasteiger partial charge in [-0.1, -0.05) is 146 Å². The number of aromatic nitrogens is 2. The van der Waals surface area contributed by atoms with Crippen molar-refractivity contribution in [1.82, 2.24) is 9.05 Å². The van der Waals surface area contributed by atoms with Crippen LogP contribution in [0.4, 0.5) is 0 Å². The Hall–Kier alpha value is -6.36. The van der Waals surface area contributed by atoms with Crippen molar-refractivity contribution in [3.8, 4) is 27.9 Å². The molecule has 240 valence electrons. The Kier molecular flexibility index (Phi) is 5.77. The molecule has 1 aliphatic rings. The van der Waals surface area contributed by atoms with Crippen LogP contribution in [0.25, 0.3) is 91.7 Å². The molecule has 0 aliphatic carbocycles. The lowest BCUT2D eigenvalue weighted by atomic mass is 9.48. The van der Waals surface area contributed by atoms with Crippen LogP contribution in [0.15, 0.2) is 176 Å². The van der Waals surface area contributed by atoms with E-state index in [0.29, 0.717) is 0 Å². The Morgan fingerprint density at radius 2 is 1.00 bits per heavy atom. The van der Waals surface area contributed by atoms with Crippen molar-refractivity contribution in [1.29, 1.82) is 0 Å². The van der Waals surface area contributed by atoms with Gasteiger partial charge in [0.05, 0.1) is 11.0 Å². The summed E-state index contributed by atoms with van der Waals surface area (Å²) in [4.78, 5) is 0. The van der Waals surface area contributed by atoms with E-state index in [2.05, 4.69) is 185 Å². The minimum atomic E-state index is -0.0355. The molecule has 11 aromatic rings. The summed E-state index contributed by atoms with van der Waals surface area (Å²) in [5.74, 6) is 0. The zero-order chi connectivity index (χ0) is 33.9. The highest BCUT2D eigenvalue weighted by molar-refractivity contribution is 7.26. The average molecular weight is 677 g/mol. The maximum absolute atomic E-state index is 2.65. The number of hydrogen-bond donors (Lipinski definition) is 0. The van der Waals surface area contributed by atoms with Crippen molar-refractivity contribution in [3.05, 3.63) is 176 Å². The molecule has 0 amide bonds. The molecule has 0 fully saturated rings. The minimum absolute atomic E-state index is 0.0355. The minimum Gasteiger partial charge on any atom is -0.376 e. The molecule has 4 heteroatoms. The van der Waals surface area contributed by atoms with Crippen LogP contribution in [0.2, 0.25) is 0 Å². The number of nitrogens with zero attached hydrogens (tertiary/aromatic N) is 2. The Bertz CT molecular complexity index is 3140. The fourth-order valence-corrected chi connectivity index (χ4v) is 10.4. The fourth-order valence-electron chi connectivity index (χ4n) is 9.14. The maximum Gasteiger partial charge on any atom is 0.332 e. The van der Waals surface area contributed by atoms with Crippen LogP contribution >= 0.6 is 11.3 Å². The molecular weight excluding hydrogens is 647 g/mol. The van der Waals surface area contributed by atoms with Crippen LogP contribution in [-0.4, -0.2) is 15.9 Å². The van der Waals surface area contributed by atoms with E-state index in [0.717, 1.165) is 0 Å². The van der Waals surface area contributed by atoms with E-state index in [-0.39, 0.29) is 6.85 Å². The lowest BCUT2D eigenvalue weighted by molar-refractivity contribution is 1.18. The van der Waals surface area contributed by atoms with E-state index in [1.807, 2.05) is 11.3 Å². The number of para-hydroxylation sites is 2. The summed E-state index contributed by atoms with van der Waals surface area (Å²) < 4.78 is 7.90. The molecule has 12 rings (SSSR count). The topological polar surface area (TPSA) is 9.86 Å². The first-order chi connectivity index (χ1) is 25.8. The van der Waals surface area contributed by atoms with Crippen molar-refractivity contribution in [2.45, 2.75) is 0 Å². The molecule has 0 unspecified atom stereocenters. The second kappa shape index (κ2) is 10.6. The van der Waals surface area contributed by atoms with Gasteiger partial charge in [-0.2, -0.15) is 0 Å². The summed E-state index contributed by atoms with van der Waals surface area (Å²) in [6, 6.07) is 65.3. The van der Waals surface area contributed by atoms with Gasteiger partial charge < -0.3 is 9.05 Å². The molecule has 0 N–H and O–H groups in total. The molecule has 0 radical (unpaired) electrons. The lowest BCUT2D eigenvalue weighted by Crippen LogP contribution is -2.53. The Balaban J connectivity index is 1.23. The number of thiophene rings is 1. The van der Waals surface area contributed by atoms with Gasteiger partial charge in [0.2, 0.25) is 0 Å². The normalized spacial score (nSPS) is 12.6. The molecule has 0 saturated heterocycles. The van der Waals surface area contributed by atoms with Gasteiger partial charge >= 0.3 is 6.85 Å². The summed E-state index contributed by atoms with van der Waals surface area (Å²) in [5.41, 5.74) is 13.9. The highest BCUT2D eigenvalue weighted by Crippen LogP contribution is 2.44. The van der Waals surface area contributed by atoms with E-state index >= 15 is 0 Å². The first-order valence-electron chi connectivity index (χ1n) is 18.0. The molecule has 8 aromatic carbocycles. The predicted octanol–water partition coefficient (Wildman–Crippen LogP) is 11.6. The molecule has 4 heterocycles. The number of hydrogen-bond acceptors (Lipinski definition) is 1. The van der Waals surface area contributed by atoms with Gasteiger partial charge in [0, 0.05) is 58.4 Å². The fraction of sp³-hybridized carbons (Fsp3) is 0. The zero-order valence-corrected chi connectivity index (χ0v) is 28.9. The molecule has 0 saturated carbocycles. The molecule has 1 aliphatic heterocycles. The van der Waals surface area contributed by atoms with Crippen molar-refractivity contribution in [3.63, 3.8) is 0 Å². The van der Waals surface area contributed by atoms with E-state index in [1.165, 1.54) is 103 Å². The lowest BCUT2D eigenvalue weighted by Gasteiger charge is -2.28. The third-order valence-corrected chi connectivity index (χ3v) is 12.6. The first-order valence-corrected chi connectivity index (χ1v) is 18.8. The SMILES string of the molecule is c1ccc(-c2ccc3c4ccc(-c5ccccc5)cc4n(B4c5ccccc5-n5c6ccc7c8ccccc8sc7c6c6cccc4c65)c3c2)cc1. The summed E-state index contributed by atoms with van der Waals surface area (Å²) >= 11 is 1.92. The van der Waals surface area contributed by atoms with Crippen molar-refractivity contribution in [2.24, 2.45) is 0 Å². The number of rotatable bonds is 3. The zero-order valence-electron chi connectivity index (χ0n) is 28.1. The summed E-state index contributed by atoms with van der Waals surface area (Å²) in [6.45, 7) is -0.0355. The largest absolute Gasteiger partial charge is 0.376 e. The van der Waals surface area contributed by atoms with Gasteiger partial charge in [-0.05, 0) is 63.5 Å². The smallest absolute Gasteiger partial charge is 0.332 e. The second-order valence-electron chi connectivity index (χ2n) is 14.0. The second-order valence-corrected chi connectivity index (χ2v) is 15.1. The van der Waals surface area contributed by atoms with Gasteiger partial charge in [-0.3, -0.25) is 0 Å². The number of benzene rings is 8. The van der Waals surface area contributed by atoms with Crippen molar-refractivity contribution in [2.75, 3.05) is 0 Å². The van der Waals surface area contributed by atoms with Crippen LogP contribution in [0.1, 0.15) is 0 Å². The van der Waals surface area contributed by atoms with Gasteiger partial charge in [-0.25, -0.2) is 0 Å². The van der Waals surface area contributed by atoms with Gasteiger partial charge in [0.25, 0.3) is 0 Å². The van der Waals surface area contributed by atoms with Crippen LogP contribution in [-0.2, 0) is 0 Å². The van der Waals surface area contributed by atoms with Gasteiger partial charge in [0.15, 0.2) is 0 Å². The quantitative estimate of drug-likeness (QED) is 0.165. The summed E-state index contributed by atoms with van der Waals surface area (Å²) in [6.07, 6.45) is 0.